The molecule has 1 rings (SSSR count). The third-order valence-corrected chi connectivity index (χ3v) is 4.55. The van der Waals surface area contributed by atoms with Crippen molar-refractivity contribution in [3.8, 4) is 0 Å². The molecule has 2 nitrogen and oxygen atoms in total. The second kappa shape index (κ2) is 5.70. The standard InChI is InChI=1S/C13H19BrClNO/c1-8(2)10(7-17)13(3,16)9-4-5-11(14)12(15)6-9/h4-6,8,10,17H,7,16H2,1-3H3/t10-,13?/m1/s1. The van der Waals surface area contributed by atoms with Crippen LogP contribution in [0, 0.1) is 11.8 Å². The molecule has 0 amide bonds. The largest absolute Gasteiger partial charge is 0.396 e. The van der Waals surface area contributed by atoms with E-state index in [9.17, 15) is 5.11 Å². The lowest BCUT2D eigenvalue weighted by Gasteiger charge is -2.36. The average Bonchev–Trinajstić information content (AvgIpc) is 2.21. The summed E-state index contributed by atoms with van der Waals surface area (Å²) in [5.41, 5.74) is 6.73. The maximum Gasteiger partial charge on any atom is 0.0551 e. The number of hydrogen-bond donors (Lipinski definition) is 2. The molecular weight excluding hydrogens is 302 g/mol. The predicted molar refractivity (Wildman–Crippen MR) is 76.1 cm³/mol. The summed E-state index contributed by atoms with van der Waals surface area (Å²) in [4.78, 5) is 0. The summed E-state index contributed by atoms with van der Waals surface area (Å²) in [6.45, 7) is 6.13. The summed E-state index contributed by atoms with van der Waals surface area (Å²) in [6.07, 6.45) is 0. The SMILES string of the molecule is CC(C)[C@@H](CO)C(C)(N)c1ccc(Br)c(Cl)c1. The normalized spacial score (nSPS) is 16.9. The molecular formula is C13H19BrClNO. The average molecular weight is 321 g/mol. The topological polar surface area (TPSA) is 46.2 Å². The van der Waals surface area contributed by atoms with Gasteiger partial charge >= 0.3 is 0 Å². The van der Waals surface area contributed by atoms with Crippen molar-refractivity contribution in [2.24, 2.45) is 17.6 Å². The van der Waals surface area contributed by atoms with Crippen molar-refractivity contribution in [3.05, 3.63) is 33.3 Å². The number of aliphatic hydroxyl groups excluding tert-OH is 1. The zero-order valence-corrected chi connectivity index (χ0v) is 12.7. The number of hydrogen-bond acceptors (Lipinski definition) is 2. The van der Waals surface area contributed by atoms with Crippen LogP contribution in [-0.4, -0.2) is 11.7 Å². The fourth-order valence-electron chi connectivity index (χ4n) is 2.14. The Morgan fingerprint density at radius 3 is 2.47 bits per heavy atom. The van der Waals surface area contributed by atoms with E-state index in [0.29, 0.717) is 10.9 Å². The zero-order valence-electron chi connectivity index (χ0n) is 10.4. The minimum Gasteiger partial charge on any atom is -0.396 e. The first-order valence-corrected chi connectivity index (χ1v) is 6.83. The first-order valence-electron chi connectivity index (χ1n) is 5.66. The Bertz CT molecular complexity index is 393. The van der Waals surface area contributed by atoms with Crippen LogP contribution in [0.3, 0.4) is 0 Å². The molecule has 0 aliphatic heterocycles. The molecule has 0 radical (unpaired) electrons. The summed E-state index contributed by atoms with van der Waals surface area (Å²) in [6, 6.07) is 5.69. The molecule has 2 atom stereocenters. The van der Waals surface area contributed by atoms with Crippen LogP contribution < -0.4 is 5.73 Å². The summed E-state index contributed by atoms with van der Waals surface area (Å²) in [5, 5.41) is 10.1. The zero-order chi connectivity index (χ0) is 13.2. The predicted octanol–water partition coefficient (Wildman–Crippen LogP) is 3.54. The molecule has 0 heterocycles. The van der Waals surface area contributed by atoms with E-state index >= 15 is 0 Å². The monoisotopic (exact) mass is 319 g/mol. The summed E-state index contributed by atoms with van der Waals surface area (Å²) < 4.78 is 0.851. The minimum atomic E-state index is -0.590. The van der Waals surface area contributed by atoms with Crippen molar-refractivity contribution in [2.75, 3.05) is 6.61 Å². The van der Waals surface area contributed by atoms with Gasteiger partial charge in [0.2, 0.25) is 0 Å². The van der Waals surface area contributed by atoms with Gasteiger partial charge in [-0.1, -0.05) is 31.5 Å². The van der Waals surface area contributed by atoms with Crippen molar-refractivity contribution >= 4 is 27.5 Å². The smallest absolute Gasteiger partial charge is 0.0551 e. The number of benzene rings is 1. The molecule has 17 heavy (non-hydrogen) atoms. The molecule has 96 valence electrons. The Morgan fingerprint density at radius 1 is 1.47 bits per heavy atom. The van der Waals surface area contributed by atoms with Crippen LogP contribution in [0.1, 0.15) is 26.3 Å². The van der Waals surface area contributed by atoms with Crippen LogP contribution in [0.15, 0.2) is 22.7 Å². The van der Waals surface area contributed by atoms with Crippen LogP contribution in [0.2, 0.25) is 5.02 Å². The third kappa shape index (κ3) is 3.22. The van der Waals surface area contributed by atoms with E-state index in [4.69, 9.17) is 17.3 Å². The van der Waals surface area contributed by atoms with Crippen molar-refractivity contribution in [3.63, 3.8) is 0 Å². The first-order chi connectivity index (χ1) is 7.80. The summed E-state index contributed by atoms with van der Waals surface area (Å²) in [7, 11) is 0. The van der Waals surface area contributed by atoms with Crippen molar-refractivity contribution in [1.29, 1.82) is 0 Å². The van der Waals surface area contributed by atoms with Crippen LogP contribution >= 0.6 is 27.5 Å². The van der Waals surface area contributed by atoms with E-state index in [2.05, 4.69) is 29.8 Å². The number of halogens is 2. The maximum atomic E-state index is 9.50. The Labute approximate surface area is 116 Å². The lowest BCUT2D eigenvalue weighted by atomic mass is 9.75. The van der Waals surface area contributed by atoms with Gasteiger partial charge in [0, 0.05) is 22.5 Å². The first kappa shape index (κ1) is 15.0. The van der Waals surface area contributed by atoms with Gasteiger partial charge in [0.25, 0.3) is 0 Å². The second-order valence-corrected chi connectivity index (χ2v) is 6.21. The van der Waals surface area contributed by atoms with E-state index in [-0.39, 0.29) is 12.5 Å². The lowest BCUT2D eigenvalue weighted by molar-refractivity contribution is 0.120. The van der Waals surface area contributed by atoms with Gasteiger partial charge in [-0.3, -0.25) is 0 Å². The van der Waals surface area contributed by atoms with Gasteiger partial charge in [-0.2, -0.15) is 0 Å². The highest BCUT2D eigenvalue weighted by molar-refractivity contribution is 9.10. The molecule has 0 aliphatic rings. The van der Waals surface area contributed by atoms with Crippen LogP contribution in [-0.2, 0) is 5.54 Å². The summed E-state index contributed by atoms with van der Waals surface area (Å²) in [5.74, 6) is 0.303. The van der Waals surface area contributed by atoms with Crippen LogP contribution in [0.25, 0.3) is 0 Å². The molecule has 0 saturated heterocycles. The van der Waals surface area contributed by atoms with Gasteiger partial charge in [-0.05, 0) is 46.5 Å². The molecule has 1 aromatic carbocycles. The molecule has 4 heteroatoms. The quantitative estimate of drug-likeness (QED) is 0.891. The van der Waals surface area contributed by atoms with Crippen LogP contribution in [0.4, 0.5) is 0 Å². The van der Waals surface area contributed by atoms with Gasteiger partial charge in [-0.15, -0.1) is 0 Å². The van der Waals surface area contributed by atoms with Gasteiger partial charge in [0.15, 0.2) is 0 Å². The van der Waals surface area contributed by atoms with Crippen molar-refractivity contribution < 1.29 is 5.11 Å². The Kier molecular flexibility index (Phi) is 5.02. The molecule has 1 unspecified atom stereocenters. The van der Waals surface area contributed by atoms with E-state index < -0.39 is 5.54 Å². The Hall–Kier alpha value is -0.0900. The van der Waals surface area contributed by atoms with Gasteiger partial charge in [0.1, 0.15) is 0 Å². The Balaban J connectivity index is 3.15. The maximum absolute atomic E-state index is 9.50. The van der Waals surface area contributed by atoms with Crippen LogP contribution in [0.5, 0.6) is 0 Å². The molecule has 0 aliphatic carbocycles. The van der Waals surface area contributed by atoms with Gasteiger partial charge < -0.3 is 10.8 Å². The highest BCUT2D eigenvalue weighted by atomic mass is 79.9. The van der Waals surface area contributed by atoms with Gasteiger partial charge in [-0.25, -0.2) is 0 Å². The van der Waals surface area contributed by atoms with E-state index in [1.807, 2.05) is 25.1 Å². The number of rotatable bonds is 4. The Morgan fingerprint density at radius 2 is 2.06 bits per heavy atom. The van der Waals surface area contributed by atoms with Gasteiger partial charge in [0.05, 0.1) is 5.02 Å². The molecule has 0 aromatic heterocycles. The highest BCUT2D eigenvalue weighted by Gasteiger charge is 2.33. The van der Waals surface area contributed by atoms with E-state index in [1.165, 1.54) is 0 Å². The molecule has 0 bridgehead atoms. The fourth-order valence-corrected chi connectivity index (χ4v) is 2.57. The minimum absolute atomic E-state index is 0.000239. The van der Waals surface area contributed by atoms with Crippen molar-refractivity contribution in [1.82, 2.24) is 0 Å². The molecule has 0 fully saturated rings. The van der Waals surface area contributed by atoms with E-state index in [1.54, 1.807) is 0 Å². The second-order valence-electron chi connectivity index (χ2n) is 4.94. The molecule has 0 saturated carbocycles. The highest BCUT2D eigenvalue weighted by Crippen LogP contribution is 2.34. The lowest BCUT2D eigenvalue weighted by Crippen LogP contribution is -2.45. The molecule has 0 spiro atoms. The fraction of sp³-hybridized carbons (Fsp3) is 0.538. The van der Waals surface area contributed by atoms with E-state index in [0.717, 1.165) is 10.0 Å². The molecule has 3 N–H and O–H groups in total. The number of nitrogens with two attached hydrogens (primary N) is 1. The van der Waals surface area contributed by atoms with Crippen molar-refractivity contribution in [2.45, 2.75) is 26.3 Å². The number of aliphatic hydroxyl groups is 1. The third-order valence-electron chi connectivity index (χ3n) is 3.31. The summed E-state index contributed by atoms with van der Waals surface area (Å²) >= 11 is 9.44. The molecule has 1 aromatic rings.